The van der Waals surface area contributed by atoms with Crippen LogP contribution in [0.15, 0.2) is 52.0 Å². The summed E-state index contributed by atoms with van der Waals surface area (Å²) in [6, 6.07) is 13.0. The van der Waals surface area contributed by atoms with E-state index < -0.39 is 0 Å². The minimum Gasteiger partial charge on any atom is -0.310 e. The van der Waals surface area contributed by atoms with Gasteiger partial charge >= 0.3 is 0 Å². The van der Waals surface area contributed by atoms with Crippen molar-refractivity contribution in [2.24, 2.45) is 0 Å². The lowest BCUT2D eigenvalue weighted by Crippen LogP contribution is -2.23. The van der Waals surface area contributed by atoms with E-state index in [1.54, 1.807) is 11.8 Å². The van der Waals surface area contributed by atoms with Gasteiger partial charge in [0.25, 0.3) is 0 Å². The molecule has 0 spiro atoms. The van der Waals surface area contributed by atoms with E-state index in [0.29, 0.717) is 6.04 Å². The smallest absolute Gasteiger partial charge is 0.0423 e. The third-order valence-corrected chi connectivity index (χ3v) is 4.45. The van der Waals surface area contributed by atoms with Gasteiger partial charge in [0.2, 0.25) is 0 Å². The zero-order chi connectivity index (χ0) is 14.4. The van der Waals surface area contributed by atoms with E-state index >= 15 is 0 Å². The van der Waals surface area contributed by atoms with Crippen molar-refractivity contribution < 1.29 is 0 Å². The highest BCUT2D eigenvalue weighted by molar-refractivity contribution is 9.10. The number of halogens is 1. The summed E-state index contributed by atoms with van der Waals surface area (Å²) in [4.78, 5) is 5.82. The summed E-state index contributed by atoms with van der Waals surface area (Å²) in [5, 5.41) is 3.57. The monoisotopic (exact) mass is 350 g/mol. The predicted octanol–water partition coefficient (Wildman–Crippen LogP) is 4.46. The van der Waals surface area contributed by atoms with Crippen LogP contribution < -0.4 is 5.32 Å². The molecule has 0 saturated heterocycles. The van der Waals surface area contributed by atoms with Crippen LogP contribution in [0.4, 0.5) is 0 Å². The van der Waals surface area contributed by atoms with Crippen LogP contribution in [0.1, 0.15) is 24.2 Å². The van der Waals surface area contributed by atoms with Crippen molar-refractivity contribution in [1.29, 1.82) is 0 Å². The Bertz CT molecular complexity index is 542. The summed E-state index contributed by atoms with van der Waals surface area (Å²) in [6.45, 7) is 3.09. The summed E-state index contributed by atoms with van der Waals surface area (Å²) in [5.74, 6) is 0. The summed E-state index contributed by atoms with van der Waals surface area (Å²) in [5.41, 5.74) is 2.46. The number of pyridine rings is 1. The molecule has 1 aromatic heterocycles. The fourth-order valence-electron chi connectivity index (χ4n) is 2.23. The molecule has 2 aromatic rings. The van der Waals surface area contributed by atoms with Gasteiger partial charge < -0.3 is 5.32 Å². The first kappa shape index (κ1) is 15.5. The maximum Gasteiger partial charge on any atom is 0.0423 e. The molecule has 20 heavy (non-hydrogen) atoms. The molecule has 0 saturated carbocycles. The summed E-state index contributed by atoms with van der Waals surface area (Å²) >= 11 is 5.22. The summed E-state index contributed by atoms with van der Waals surface area (Å²) < 4.78 is 1.02. The van der Waals surface area contributed by atoms with Gasteiger partial charge in [-0.05, 0) is 52.5 Å². The number of nitrogens with zero attached hydrogens (tertiary/aromatic N) is 1. The van der Waals surface area contributed by atoms with Crippen molar-refractivity contribution >= 4 is 27.7 Å². The van der Waals surface area contributed by atoms with Gasteiger partial charge in [0.05, 0.1) is 0 Å². The third-order valence-electron chi connectivity index (χ3n) is 3.17. The van der Waals surface area contributed by atoms with E-state index in [1.807, 2.05) is 12.3 Å². The minimum absolute atomic E-state index is 0.303. The number of hydrogen-bond acceptors (Lipinski definition) is 3. The average molecular weight is 351 g/mol. The predicted molar refractivity (Wildman–Crippen MR) is 90.3 cm³/mol. The fraction of sp³-hybridized carbons (Fsp3) is 0.312. The van der Waals surface area contributed by atoms with Crippen LogP contribution in [0.25, 0.3) is 0 Å². The van der Waals surface area contributed by atoms with Crippen molar-refractivity contribution in [3.8, 4) is 0 Å². The zero-order valence-electron chi connectivity index (χ0n) is 11.8. The van der Waals surface area contributed by atoms with E-state index in [4.69, 9.17) is 0 Å². The molecule has 0 fully saturated rings. The average Bonchev–Trinajstić information content (AvgIpc) is 2.49. The van der Waals surface area contributed by atoms with Crippen molar-refractivity contribution in [2.45, 2.75) is 24.3 Å². The molecule has 0 aliphatic heterocycles. The van der Waals surface area contributed by atoms with Crippen LogP contribution >= 0.6 is 27.7 Å². The number of nitrogens with one attached hydrogen (secondary N) is 1. The van der Waals surface area contributed by atoms with Crippen molar-refractivity contribution in [1.82, 2.24) is 10.3 Å². The molecule has 1 atom stereocenters. The molecule has 1 unspecified atom stereocenters. The standard InChI is InChI=1S/C16H19BrN2S/c1-3-18-15(10-13-9-8-12(17)11-19-13)14-6-4-5-7-16(14)20-2/h4-9,11,15,18H,3,10H2,1-2H3. The van der Waals surface area contributed by atoms with Crippen LogP contribution in [-0.4, -0.2) is 17.8 Å². The molecule has 0 aliphatic rings. The molecule has 106 valence electrons. The zero-order valence-corrected chi connectivity index (χ0v) is 14.2. The number of aromatic nitrogens is 1. The highest BCUT2D eigenvalue weighted by Gasteiger charge is 2.15. The number of likely N-dealkylation sites (N-methyl/N-ethyl adjacent to an activating group) is 1. The minimum atomic E-state index is 0.303. The molecular weight excluding hydrogens is 332 g/mol. The second-order valence-corrected chi connectivity index (χ2v) is 6.29. The molecule has 1 heterocycles. The lowest BCUT2D eigenvalue weighted by molar-refractivity contribution is 0.537. The van der Waals surface area contributed by atoms with Gasteiger partial charge in [-0.1, -0.05) is 25.1 Å². The molecule has 4 heteroatoms. The van der Waals surface area contributed by atoms with E-state index in [-0.39, 0.29) is 0 Å². The number of thioether (sulfide) groups is 1. The molecule has 0 bridgehead atoms. The van der Waals surface area contributed by atoms with Crippen LogP contribution in [0, 0.1) is 0 Å². The van der Waals surface area contributed by atoms with Gasteiger partial charge in [-0.15, -0.1) is 11.8 Å². The highest BCUT2D eigenvalue weighted by atomic mass is 79.9. The van der Waals surface area contributed by atoms with Crippen LogP contribution in [-0.2, 0) is 6.42 Å². The molecule has 1 N–H and O–H groups in total. The first-order valence-corrected chi connectivity index (χ1v) is 8.73. The number of hydrogen-bond donors (Lipinski definition) is 1. The Labute approximate surface area is 133 Å². The maximum absolute atomic E-state index is 4.49. The SMILES string of the molecule is CCNC(Cc1ccc(Br)cn1)c1ccccc1SC. The van der Waals surface area contributed by atoms with Crippen molar-refractivity contribution in [2.75, 3.05) is 12.8 Å². The molecular formula is C16H19BrN2S. The second kappa shape index (κ2) is 7.81. The first-order valence-electron chi connectivity index (χ1n) is 6.71. The molecule has 0 aliphatic carbocycles. The van der Waals surface area contributed by atoms with Crippen molar-refractivity contribution in [3.63, 3.8) is 0 Å². The Balaban J connectivity index is 2.24. The maximum atomic E-state index is 4.49. The van der Waals surface area contributed by atoms with Crippen LogP contribution in [0.3, 0.4) is 0 Å². The summed E-state index contributed by atoms with van der Waals surface area (Å²) in [7, 11) is 0. The lowest BCUT2D eigenvalue weighted by Gasteiger charge is -2.20. The normalized spacial score (nSPS) is 12.3. The Hall–Kier alpha value is -0.840. The van der Waals surface area contributed by atoms with Crippen LogP contribution in [0.2, 0.25) is 0 Å². The van der Waals surface area contributed by atoms with Gasteiger partial charge in [-0.2, -0.15) is 0 Å². The van der Waals surface area contributed by atoms with Gasteiger partial charge in [-0.3, -0.25) is 4.98 Å². The molecule has 0 amide bonds. The Morgan fingerprint density at radius 3 is 2.70 bits per heavy atom. The fourth-order valence-corrected chi connectivity index (χ4v) is 3.12. The van der Waals surface area contributed by atoms with Gasteiger partial charge in [0.15, 0.2) is 0 Å². The quantitative estimate of drug-likeness (QED) is 0.778. The van der Waals surface area contributed by atoms with Gasteiger partial charge in [0, 0.05) is 33.7 Å². The van der Waals surface area contributed by atoms with Crippen molar-refractivity contribution in [3.05, 3.63) is 58.3 Å². The van der Waals surface area contributed by atoms with Gasteiger partial charge in [-0.25, -0.2) is 0 Å². The number of benzene rings is 1. The highest BCUT2D eigenvalue weighted by Crippen LogP contribution is 2.27. The van der Waals surface area contributed by atoms with E-state index in [2.05, 4.69) is 69.7 Å². The molecule has 0 radical (unpaired) electrons. The second-order valence-electron chi connectivity index (χ2n) is 4.52. The van der Waals surface area contributed by atoms with E-state index in [9.17, 15) is 0 Å². The lowest BCUT2D eigenvalue weighted by atomic mass is 10.0. The Kier molecular flexibility index (Phi) is 6.07. The van der Waals surface area contributed by atoms with Gasteiger partial charge in [0.1, 0.15) is 0 Å². The summed E-state index contributed by atoms with van der Waals surface area (Å²) in [6.07, 6.45) is 4.89. The molecule has 2 rings (SSSR count). The topological polar surface area (TPSA) is 24.9 Å². The Morgan fingerprint density at radius 2 is 2.05 bits per heavy atom. The molecule has 1 aromatic carbocycles. The third kappa shape index (κ3) is 4.08. The Morgan fingerprint density at radius 1 is 1.25 bits per heavy atom. The largest absolute Gasteiger partial charge is 0.310 e. The van der Waals surface area contributed by atoms with E-state index in [0.717, 1.165) is 23.1 Å². The van der Waals surface area contributed by atoms with E-state index in [1.165, 1.54) is 10.5 Å². The first-order chi connectivity index (χ1) is 9.74. The van der Waals surface area contributed by atoms with Crippen LogP contribution in [0.5, 0.6) is 0 Å². The molecule has 2 nitrogen and oxygen atoms in total. The number of rotatable bonds is 6.